The zero-order valence-electron chi connectivity index (χ0n) is 10.6. The molecule has 0 spiro atoms. The third kappa shape index (κ3) is 3.20. The van der Waals surface area contributed by atoms with Crippen molar-refractivity contribution in [3.8, 4) is 0 Å². The minimum atomic E-state index is -0.184. The lowest BCUT2D eigenvalue weighted by Gasteiger charge is -2.32. The number of carbonyl (C=O) groups excluding carboxylic acids is 1. The summed E-state index contributed by atoms with van der Waals surface area (Å²) in [6.45, 7) is 5.42. The van der Waals surface area contributed by atoms with Gasteiger partial charge in [0, 0.05) is 18.5 Å². The van der Waals surface area contributed by atoms with Gasteiger partial charge in [-0.15, -0.1) is 0 Å². The molecule has 1 amide bonds. The second-order valence-corrected chi connectivity index (χ2v) is 5.58. The summed E-state index contributed by atoms with van der Waals surface area (Å²) in [6.07, 6.45) is 2.19. The van der Waals surface area contributed by atoms with Gasteiger partial charge in [-0.3, -0.25) is 9.59 Å². The monoisotopic (exact) mass is 270 g/mol. The van der Waals surface area contributed by atoms with Crippen molar-refractivity contribution in [3.63, 3.8) is 0 Å². The SMILES string of the molecule is CC(C)OC1CCN(C(=O)c2csc(=O)[nH]2)CC1. The maximum absolute atomic E-state index is 12.1. The predicted molar refractivity (Wildman–Crippen MR) is 70.1 cm³/mol. The van der Waals surface area contributed by atoms with E-state index in [0.29, 0.717) is 18.8 Å². The summed E-state index contributed by atoms with van der Waals surface area (Å²) in [4.78, 5) is 27.2. The predicted octanol–water partition coefficient (Wildman–Crippen LogP) is 1.47. The van der Waals surface area contributed by atoms with Crippen LogP contribution in [0.2, 0.25) is 0 Å². The zero-order valence-corrected chi connectivity index (χ0v) is 11.5. The highest BCUT2D eigenvalue weighted by Gasteiger charge is 2.25. The van der Waals surface area contributed by atoms with Gasteiger partial charge in [-0.25, -0.2) is 0 Å². The van der Waals surface area contributed by atoms with Crippen LogP contribution in [0.3, 0.4) is 0 Å². The van der Waals surface area contributed by atoms with E-state index in [9.17, 15) is 9.59 Å². The number of hydrogen-bond acceptors (Lipinski definition) is 4. The average molecular weight is 270 g/mol. The minimum absolute atomic E-state index is 0.0867. The summed E-state index contributed by atoms with van der Waals surface area (Å²) >= 11 is 1.02. The molecule has 1 saturated heterocycles. The molecule has 0 atom stereocenters. The Bertz CT molecular complexity index is 458. The number of ether oxygens (including phenoxy) is 1. The number of aromatic amines is 1. The third-order valence-corrected chi connectivity index (χ3v) is 3.61. The number of thiazole rings is 1. The van der Waals surface area contributed by atoms with Gasteiger partial charge in [-0.05, 0) is 26.7 Å². The molecule has 2 heterocycles. The maximum Gasteiger partial charge on any atom is 0.305 e. The highest BCUT2D eigenvalue weighted by molar-refractivity contribution is 7.07. The molecule has 0 saturated carbocycles. The standard InChI is InChI=1S/C12H18N2O3S/c1-8(2)17-9-3-5-14(6-4-9)11(15)10-7-18-12(16)13-10/h7-9H,3-6H2,1-2H3,(H,13,16). The van der Waals surface area contributed by atoms with Crippen LogP contribution in [0.1, 0.15) is 37.2 Å². The van der Waals surface area contributed by atoms with E-state index in [2.05, 4.69) is 4.98 Å². The number of carbonyl (C=O) groups is 1. The van der Waals surface area contributed by atoms with Crippen molar-refractivity contribution in [2.75, 3.05) is 13.1 Å². The van der Waals surface area contributed by atoms with E-state index in [1.165, 1.54) is 0 Å². The first-order chi connectivity index (χ1) is 8.56. The minimum Gasteiger partial charge on any atom is -0.375 e. The summed E-state index contributed by atoms with van der Waals surface area (Å²) < 4.78 is 5.74. The van der Waals surface area contributed by atoms with Gasteiger partial charge >= 0.3 is 4.87 Å². The summed E-state index contributed by atoms with van der Waals surface area (Å²) in [6, 6.07) is 0. The second kappa shape index (κ2) is 5.67. The highest BCUT2D eigenvalue weighted by Crippen LogP contribution is 2.17. The van der Waals surface area contributed by atoms with E-state index in [-0.39, 0.29) is 23.0 Å². The van der Waals surface area contributed by atoms with Crippen LogP contribution >= 0.6 is 11.3 Å². The Morgan fingerprint density at radius 3 is 2.67 bits per heavy atom. The highest BCUT2D eigenvalue weighted by atomic mass is 32.1. The molecular weight excluding hydrogens is 252 g/mol. The van der Waals surface area contributed by atoms with Crippen molar-refractivity contribution < 1.29 is 9.53 Å². The van der Waals surface area contributed by atoms with E-state index in [0.717, 1.165) is 24.2 Å². The van der Waals surface area contributed by atoms with E-state index in [1.807, 2.05) is 13.8 Å². The maximum atomic E-state index is 12.1. The van der Waals surface area contributed by atoms with Crippen LogP contribution in [0, 0.1) is 0 Å². The Morgan fingerprint density at radius 1 is 1.50 bits per heavy atom. The van der Waals surface area contributed by atoms with Gasteiger partial charge in [0.05, 0.1) is 12.2 Å². The number of rotatable bonds is 3. The lowest BCUT2D eigenvalue weighted by atomic mass is 10.1. The van der Waals surface area contributed by atoms with Gasteiger partial charge in [-0.1, -0.05) is 11.3 Å². The second-order valence-electron chi connectivity index (χ2n) is 4.74. The topological polar surface area (TPSA) is 62.4 Å². The fraction of sp³-hybridized carbons (Fsp3) is 0.667. The molecule has 100 valence electrons. The van der Waals surface area contributed by atoms with E-state index < -0.39 is 0 Å². The first kappa shape index (κ1) is 13.3. The Morgan fingerprint density at radius 2 is 2.17 bits per heavy atom. The number of aromatic nitrogens is 1. The molecule has 1 aromatic heterocycles. The third-order valence-electron chi connectivity index (χ3n) is 2.94. The molecule has 0 aromatic carbocycles. The molecule has 2 rings (SSSR count). The fourth-order valence-electron chi connectivity index (χ4n) is 2.14. The van der Waals surface area contributed by atoms with Gasteiger partial charge < -0.3 is 14.6 Å². The quantitative estimate of drug-likeness (QED) is 0.904. The number of likely N-dealkylation sites (tertiary alicyclic amines) is 1. The van der Waals surface area contributed by atoms with Crippen LogP contribution < -0.4 is 4.87 Å². The molecule has 1 N–H and O–H groups in total. The molecule has 1 aliphatic heterocycles. The first-order valence-corrected chi connectivity index (χ1v) is 7.07. The first-order valence-electron chi connectivity index (χ1n) is 6.19. The molecule has 0 aliphatic carbocycles. The van der Waals surface area contributed by atoms with Crippen LogP contribution in [-0.4, -0.2) is 41.1 Å². The van der Waals surface area contributed by atoms with Crippen molar-refractivity contribution >= 4 is 17.2 Å². The molecule has 5 nitrogen and oxygen atoms in total. The summed E-state index contributed by atoms with van der Waals surface area (Å²) in [5, 5.41) is 1.58. The molecule has 1 aromatic rings. The Labute approximate surface area is 110 Å². The zero-order chi connectivity index (χ0) is 13.1. The molecule has 0 radical (unpaired) electrons. The fourth-order valence-corrected chi connectivity index (χ4v) is 2.69. The van der Waals surface area contributed by atoms with Crippen molar-refractivity contribution in [2.45, 2.75) is 38.9 Å². The summed E-state index contributed by atoms with van der Waals surface area (Å²) in [5.74, 6) is -0.0867. The molecule has 0 unspecified atom stereocenters. The van der Waals surface area contributed by atoms with E-state index >= 15 is 0 Å². The largest absolute Gasteiger partial charge is 0.375 e. The van der Waals surface area contributed by atoms with Crippen molar-refractivity contribution in [1.29, 1.82) is 0 Å². The Balaban J connectivity index is 1.90. The van der Waals surface area contributed by atoms with Gasteiger partial charge in [0.25, 0.3) is 5.91 Å². The molecule has 6 heteroatoms. The van der Waals surface area contributed by atoms with Crippen molar-refractivity contribution in [3.05, 3.63) is 20.7 Å². The van der Waals surface area contributed by atoms with Gasteiger partial charge in [0.2, 0.25) is 0 Å². The normalized spacial score (nSPS) is 17.4. The van der Waals surface area contributed by atoms with Crippen LogP contribution in [0.4, 0.5) is 0 Å². The number of H-pyrrole nitrogens is 1. The number of amides is 1. The average Bonchev–Trinajstić information content (AvgIpc) is 2.75. The summed E-state index contributed by atoms with van der Waals surface area (Å²) in [5.41, 5.74) is 0.397. The molecule has 0 bridgehead atoms. The molecular formula is C12H18N2O3S. The van der Waals surface area contributed by atoms with Crippen LogP contribution in [0.25, 0.3) is 0 Å². The van der Waals surface area contributed by atoms with Crippen LogP contribution in [0.5, 0.6) is 0 Å². The number of nitrogens with one attached hydrogen (secondary N) is 1. The lowest BCUT2D eigenvalue weighted by molar-refractivity contribution is -0.0236. The van der Waals surface area contributed by atoms with Gasteiger partial charge in [0.1, 0.15) is 5.69 Å². The number of piperidine rings is 1. The van der Waals surface area contributed by atoms with E-state index in [1.54, 1.807) is 10.3 Å². The van der Waals surface area contributed by atoms with Gasteiger partial charge in [0.15, 0.2) is 0 Å². The van der Waals surface area contributed by atoms with Crippen molar-refractivity contribution in [1.82, 2.24) is 9.88 Å². The number of hydrogen-bond donors (Lipinski definition) is 1. The smallest absolute Gasteiger partial charge is 0.305 e. The Kier molecular flexibility index (Phi) is 4.19. The Hall–Kier alpha value is -1.14. The number of nitrogens with zero attached hydrogens (tertiary/aromatic N) is 1. The van der Waals surface area contributed by atoms with E-state index in [4.69, 9.17) is 4.74 Å². The molecule has 1 aliphatic rings. The molecule has 18 heavy (non-hydrogen) atoms. The van der Waals surface area contributed by atoms with Gasteiger partial charge in [-0.2, -0.15) is 0 Å². The summed E-state index contributed by atoms with van der Waals surface area (Å²) in [7, 11) is 0. The van der Waals surface area contributed by atoms with Crippen molar-refractivity contribution in [2.24, 2.45) is 0 Å². The molecule has 1 fully saturated rings. The van der Waals surface area contributed by atoms with Crippen LogP contribution in [0.15, 0.2) is 10.2 Å². The lowest BCUT2D eigenvalue weighted by Crippen LogP contribution is -2.41. The van der Waals surface area contributed by atoms with Crippen LogP contribution in [-0.2, 0) is 4.74 Å².